The summed E-state index contributed by atoms with van der Waals surface area (Å²) in [6.45, 7) is 5.45. The predicted molar refractivity (Wildman–Crippen MR) is 115 cm³/mol. The number of carbonyl (C=O) groups is 1. The molecule has 0 radical (unpaired) electrons. The highest BCUT2D eigenvalue weighted by Crippen LogP contribution is 2.21. The van der Waals surface area contributed by atoms with Gasteiger partial charge >= 0.3 is 0 Å². The molecule has 5 heteroatoms. The van der Waals surface area contributed by atoms with E-state index in [9.17, 15) is 9.59 Å². The summed E-state index contributed by atoms with van der Waals surface area (Å²) in [7, 11) is 3.96. The van der Waals surface area contributed by atoms with E-state index in [1.807, 2.05) is 75.3 Å². The molecular formula is C23H27N3O2. The Bertz CT molecular complexity index is 1070. The molecule has 2 aromatic carbocycles. The van der Waals surface area contributed by atoms with Crippen LogP contribution in [0.15, 0.2) is 53.5 Å². The first kappa shape index (κ1) is 19.8. The van der Waals surface area contributed by atoms with Crippen molar-refractivity contribution in [1.29, 1.82) is 0 Å². The molecule has 0 unspecified atom stereocenters. The SMILES string of the molecule is Cc1ccc(C)c(CC(=O)Nc2cccc3c(=O)n(CCN(C)C)ccc23)c1. The molecule has 28 heavy (non-hydrogen) atoms. The monoisotopic (exact) mass is 377 g/mol. The second-order valence-electron chi connectivity index (χ2n) is 7.54. The molecule has 1 amide bonds. The minimum absolute atomic E-state index is 0.0371. The van der Waals surface area contributed by atoms with E-state index in [4.69, 9.17) is 0 Å². The molecule has 0 saturated heterocycles. The molecule has 0 saturated carbocycles. The van der Waals surface area contributed by atoms with Crippen molar-refractivity contribution < 1.29 is 4.79 Å². The van der Waals surface area contributed by atoms with Crippen molar-refractivity contribution in [3.63, 3.8) is 0 Å². The zero-order valence-corrected chi connectivity index (χ0v) is 17.0. The zero-order chi connectivity index (χ0) is 20.3. The summed E-state index contributed by atoms with van der Waals surface area (Å²) in [5.74, 6) is -0.0852. The fourth-order valence-corrected chi connectivity index (χ4v) is 3.27. The number of fused-ring (bicyclic) bond motifs is 1. The minimum atomic E-state index is -0.0852. The molecule has 3 rings (SSSR count). The van der Waals surface area contributed by atoms with Crippen LogP contribution in [0.4, 0.5) is 5.69 Å². The van der Waals surface area contributed by atoms with E-state index in [2.05, 4.69) is 5.32 Å². The first-order valence-corrected chi connectivity index (χ1v) is 9.48. The first-order valence-electron chi connectivity index (χ1n) is 9.48. The van der Waals surface area contributed by atoms with Gasteiger partial charge < -0.3 is 14.8 Å². The molecule has 146 valence electrons. The van der Waals surface area contributed by atoms with Crippen LogP contribution in [0.1, 0.15) is 16.7 Å². The largest absolute Gasteiger partial charge is 0.325 e. The molecule has 0 spiro atoms. The Kier molecular flexibility index (Phi) is 5.95. The fourth-order valence-electron chi connectivity index (χ4n) is 3.27. The molecule has 0 aliphatic carbocycles. The summed E-state index contributed by atoms with van der Waals surface area (Å²) in [4.78, 5) is 27.4. The van der Waals surface area contributed by atoms with Crippen LogP contribution >= 0.6 is 0 Å². The third-order valence-corrected chi connectivity index (χ3v) is 4.94. The number of hydrogen-bond donors (Lipinski definition) is 1. The number of nitrogens with one attached hydrogen (secondary N) is 1. The van der Waals surface area contributed by atoms with Crippen molar-refractivity contribution in [2.75, 3.05) is 26.0 Å². The highest BCUT2D eigenvalue weighted by Gasteiger charge is 2.11. The summed E-state index contributed by atoms with van der Waals surface area (Å²) in [6, 6.07) is 13.5. The van der Waals surface area contributed by atoms with Gasteiger partial charge in [0.15, 0.2) is 0 Å². The number of amides is 1. The number of pyridine rings is 1. The van der Waals surface area contributed by atoms with Crippen LogP contribution in [-0.4, -0.2) is 36.0 Å². The van der Waals surface area contributed by atoms with Crippen molar-refractivity contribution in [2.45, 2.75) is 26.8 Å². The average molecular weight is 377 g/mol. The first-order chi connectivity index (χ1) is 13.3. The smallest absolute Gasteiger partial charge is 0.258 e. The van der Waals surface area contributed by atoms with E-state index < -0.39 is 0 Å². The summed E-state index contributed by atoms with van der Waals surface area (Å²) in [5, 5.41) is 4.36. The van der Waals surface area contributed by atoms with Crippen molar-refractivity contribution in [3.05, 3.63) is 75.7 Å². The molecule has 3 aromatic rings. The Balaban J connectivity index is 1.85. The summed E-state index contributed by atoms with van der Waals surface area (Å²) < 4.78 is 1.71. The second-order valence-corrected chi connectivity index (χ2v) is 7.54. The number of anilines is 1. The Hall–Kier alpha value is -2.92. The fraction of sp³-hybridized carbons (Fsp3) is 0.304. The Morgan fingerprint density at radius 1 is 1.07 bits per heavy atom. The average Bonchev–Trinajstić information content (AvgIpc) is 2.64. The molecule has 0 atom stereocenters. The topological polar surface area (TPSA) is 54.3 Å². The number of hydrogen-bond acceptors (Lipinski definition) is 3. The van der Waals surface area contributed by atoms with Gasteiger partial charge in [0.05, 0.1) is 6.42 Å². The molecule has 0 aliphatic rings. The van der Waals surface area contributed by atoms with Gasteiger partial charge in [-0.05, 0) is 57.3 Å². The molecule has 0 fully saturated rings. The number of aryl methyl sites for hydroxylation is 2. The van der Waals surface area contributed by atoms with Crippen LogP contribution in [0.3, 0.4) is 0 Å². The van der Waals surface area contributed by atoms with Gasteiger partial charge in [0.25, 0.3) is 5.56 Å². The molecule has 1 aromatic heterocycles. The maximum atomic E-state index is 12.8. The number of aromatic nitrogens is 1. The number of nitrogens with zero attached hydrogens (tertiary/aromatic N) is 2. The second kappa shape index (κ2) is 8.40. The Labute approximate surface area is 165 Å². The van der Waals surface area contributed by atoms with Crippen LogP contribution in [0.5, 0.6) is 0 Å². The molecule has 0 aliphatic heterocycles. The summed E-state index contributed by atoms with van der Waals surface area (Å²) in [6.07, 6.45) is 2.11. The third-order valence-electron chi connectivity index (χ3n) is 4.94. The maximum Gasteiger partial charge on any atom is 0.258 e. The lowest BCUT2D eigenvalue weighted by atomic mass is 10.0. The van der Waals surface area contributed by atoms with Crippen LogP contribution in [0, 0.1) is 13.8 Å². The van der Waals surface area contributed by atoms with Gasteiger partial charge in [-0.2, -0.15) is 0 Å². The van der Waals surface area contributed by atoms with E-state index in [0.29, 0.717) is 24.0 Å². The van der Waals surface area contributed by atoms with Gasteiger partial charge in [-0.25, -0.2) is 0 Å². The van der Waals surface area contributed by atoms with Crippen molar-refractivity contribution >= 4 is 22.4 Å². The lowest BCUT2D eigenvalue weighted by Crippen LogP contribution is -2.26. The Morgan fingerprint density at radius 2 is 1.86 bits per heavy atom. The van der Waals surface area contributed by atoms with Gasteiger partial charge in [-0.1, -0.05) is 29.8 Å². The number of likely N-dealkylation sites (N-methyl/N-ethyl adjacent to an activating group) is 1. The summed E-state index contributed by atoms with van der Waals surface area (Å²) >= 11 is 0. The number of carbonyl (C=O) groups excluding carboxylic acids is 1. The Morgan fingerprint density at radius 3 is 2.61 bits per heavy atom. The van der Waals surface area contributed by atoms with Gasteiger partial charge in [0.1, 0.15) is 0 Å². The third kappa shape index (κ3) is 4.49. The van der Waals surface area contributed by atoms with E-state index in [-0.39, 0.29) is 11.5 Å². The van der Waals surface area contributed by atoms with E-state index in [1.54, 1.807) is 10.8 Å². The van der Waals surface area contributed by atoms with Gasteiger partial charge in [0, 0.05) is 35.7 Å². The number of benzene rings is 2. The van der Waals surface area contributed by atoms with Crippen LogP contribution in [-0.2, 0) is 17.8 Å². The van der Waals surface area contributed by atoms with Gasteiger partial charge in [-0.15, -0.1) is 0 Å². The van der Waals surface area contributed by atoms with Crippen LogP contribution in [0.2, 0.25) is 0 Å². The van der Waals surface area contributed by atoms with E-state index in [0.717, 1.165) is 28.6 Å². The van der Waals surface area contributed by atoms with Crippen LogP contribution < -0.4 is 10.9 Å². The number of rotatable bonds is 6. The maximum absolute atomic E-state index is 12.8. The lowest BCUT2D eigenvalue weighted by molar-refractivity contribution is -0.115. The van der Waals surface area contributed by atoms with Gasteiger partial charge in [0.2, 0.25) is 5.91 Å². The van der Waals surface area contributed by atoms with E-state index >= 15 is 0 Å². The quantitative estimate of drug-likeness (QED) is 0.717. The normalized spacial score (nSPS) is 11.2. The van der Waals surface area contributed by atoms with Crippen molar-refractivity contribution in [3.8, 4) is 0 Å². The van der Waals surface area contributed by atoms with Gasteiger partial charge in [-0.3, -0.25) is 9.59 Å². The molecular weight excluding hydrogens is 350 g/mol. The van der Waals surface area contributed by atoms with E-state index in [1.165, 1.54) is 0 Å². The summed E-state index contributed by atoms with van der Waals surface area (Å²) in [5.41, 5.74) is 3.89. The van der Waals surface area contributed by atoms with Crippen LogP contribution in [0.25, 0.3) is 10.8 Å². The van der Waals surface area contributed by atoms with Crippen molar-refractivity contribution in [2.24, 2.45) is 0 Å². The molecule has 1 heterocycles. The predicted octanol–water partition coefficient (Wildman–Crippen LogP) is 3.36. The zero-order valence-electron chi connectivity index (χ0n) is 17.0. The molecule has 1 N–H and O–H groups in total. The van der Waals surface area contributed by atoms with Crippen molar-refractivity contribution in [1.82, 2.24) is 9.47 Å². The highest BCUT2D eigenvalue weighted by atomic mass is 16.1. The highest BCUT2D eigenvalue weighted by molar-refractivity contribution is 6.02. The molecule has 0 bridgehead atoms. The minimum Gasteiger partial charge on any atom is -0.325 e. The standard InChI is InChI=1S/C23H27N3O2/c1-16-8-9-17(2)18(14-16)15-22(27)24-21-7-5-6-20-19(21)10-11-26(23(20)28)13-12-25(3)4/h5-11,14H,12-13,15H2,1-4H3,(H,24,27). The lowest BCUT2D eigenvalue weighted by Gasteiger charge is -2.14. The molecule has 5 nitrogen and oxygen atoms in total.